The number of carbonyl (C=O) groups is 1. The van der Waals surface area contributed by atoms with Crippen LogP contribution in [0.5, 0.6) is 0 Å². The van der Waals surface area contributed by atoms with Crippen molar-refractivity contribution in [2.24, 2.45) is 0 Å². The minimum Gasteiger partial charge on any atom is -0.393 e. The molecule has 1 aliphatic heterocycles. The van der Waals surface area contributed by atoms with Crippen LogP contribution in [-0.2, 0) is 4.79 Å². The van der Waals surface area contributed by atoms with Crippen LogP contribution in [0.2, 0.25) is 0 Å². The Balaban J connectivity index is 2.02. The number of carbonyl (C=O) groups excluding carboxylic acids is 1. The highest BCUT2D eigenvalue weighted by Crippen LogP contribution is 2.24. The third kappa shape index (κ3) is 3.60. The lowest BCUT2D eigenvalue weighted by Crippen LogP contribution is -2.40. The zero-order chi connectivity index (χ0) is 15.4. The number of nitriles is 1. The summed E-state index contributed by atoms with van der Waals surface area (Å²) in [4.78, 5) is 16.3. The molecule has 1 aromatic rings. The van der Waals surface area contributed by atoms with Crippen molar-refractivity contribution in [1.29, 1.82) is 5.26 Å². The van der Waals surface area contributed by atoms with E-state index in [0.717, 1.165) is 12.1 Å². The Hall–Kier alpha value is -1.90. The van der Waals surface area contributed by atoms with Gasteiger partial charge in [0.05, 0.1) is 23.8 Å². The Kier molecular flexibility index (Phi) is 4.94. The summed E-state index contributed by atoms with van der Waals surface area (Å²) in [6.07, 6.45) is 1.10. The van der Waals surface area contributed by atoms with Gasteiger partial charge in [-0.2, -0.15) is 5.26 Å². The Morgan fingerprint density at radius 1 is 1.48 bits per heavy atom. The molecule has 2 rings (SSSR count). The van der Waals surface area contributed by atoms with Crippen LogP contribution < -0.4 is 4.90 Å². The highest BCUT2D eigenvalue weighted by atomic mass is 16.3. The van der Waals surface area contributed by atoms with Gasteiger partial charge in [-0.3, -0.25) is 9.69 Å². The number of nitrogens with zero attached hydrogens (tertiary/aromatic N) is 3. The Bertz CT molecular complexity index is 533. The normalized spacial score (nSPS) is 19.9. The van der Waals surface area contributed by atoms with Gasteiger partial charge in [-0.15, -0.1) is 0 Å². The molecule has 5 nitrogen and oxygen atoms in total. The third-order valence-corrected chi connectivity index (χ3v) is 3.92. The van der Waals surface area contributed by atoms with Gasteiger partial charge in [0, 0.05) is 18.8 Å². The van der Waals surface area contributed by atoms with Crippen LogP contribution in [-0.4, -0.2) is 48.2 Å². The van der Waals surface area contributed by atoms with Crippen LogP contribution in [0.25, 0.3) is 0 Å². The van der Waals surface area contributed by atoms with Crippen LogP contribution in [0, 0.1) is 11.3 Å². The van der Waals surface area contributed by atoms with Crippen molar-refractivity contribution in [2.45, 2.75) is 31.9 Å². The molecule has 0 spiro atoms. The molecular weight excluding hydrogens is 266 g/mol. The van der Waals surface area contributed by atoms with E-state index in [1.165, 1.54) is 0 Å². The predicted molar refractivity (Wildman–Crippen MR) is 80.8 cm³/mol. The van der Waals surface area contributed by atoms with E-state index in [1.807, 2.05) is 24.1 Å². The maximum absolute atomic E-state index is 12.5. The van der Waals surface area contributed by atoms with Crippen molar-refractivity contribution in [1.82, 2.24) is 4.90 Å². The highest BCUT2D eigenvalue weighted by Gasteiger charge is 2.34. The minimum atomic E-state index is -0.349. The van der Waals surface area contributed by atoms with Crippen molar-refractivity contribution < 1.29 is 9.90 Å². The molecule has 0 aliphatic carbocycles. The predicted octanol–water partition coefficient (Wildman–Crippen LogP) is 1.37. The molecule has 1 N–H and O–H groups in total. The summed E-state index contributed by atoms with van der Waals surface area (Å²) in [6.45, 7) is 3.15. The summed E-state index contributed by atoms with van der Waals surface area (Å²) in [5, 5.41) is 18.1. The molecule has 1 heterocycles. The number of likely N-dealkylation sites (N-methyl/N-ethyl adjacent to an activating group) is 1. The zero-order valence-corrected chi connectivity index (χ0v) is 12.5. The standard InChI is InChI=1S/C16H21N3O2/c1-12(20)7-9-18(2)15-8-10-19(16(15)21)14-5-3-13(11-17)4-6-14/h3-6,12,15,20H,7-10H2,1-2H3. The average molecular weight is 287 g/mol. The minimum absolute atomic E-state index is 0.0906. The van der Waals surface area contributed by atoms with Crippen LogP contribution in [0.3, 0.4) is 0 Å². The number of hydrogen-bond acceptors (Lipinski definition) is 4. The fourth-order valence-electron chi connectivity index (χ4n) is 2.59. The van der Waals surface area contributed by atoms with E-state index < -0.39 is 0 Å². The monoisotopic (exact) mass is 287 g/mol. The molecule has 0 saturated carbocycles. The van der Waals surface area contributed by atoms with Gasteiger partial charge in [-0.25, -0.2) is 0 Å². The molecule has 0 aromatic heterocycles. The van der Waals surface area contributed by atoms with Gasteiger partial charge in [0.1, 0.15) is 0 Å². The molecule has 0 radical (unpaired) electrons. The summed E-state index contributed by atoms with van der Waals surface area (Å²) in [7, 11) is 1.92. The van der Waals surface area contributed by atoms with E-state index in [1.54, 1.807) is 24.0 Å². The SMILES string of the molecule is CC(O)CCN(C)C1CCN(c2ccc(C#N)cc2)C1=O. The van der Waals surface area contributed by atoms with Gasteiger partial charge in [-0.1, -0.05) is 0 Å². The number of aliphatic hydroxyl groups is 1. The van der Waals surface area contributed by atoms with Crippen molar-refractivity contribution in [2.75, 3.05) is 25.0 Å². The summed E-state index contributed by atoms with van der Waals surface area (Å²) >= 11 is 0. The van der Waals surface area contributed by atoms with E-state index >= 15 is 0 Å². The smallest absolute Gasteiger partial charge is 0.244 e. The molecule has 5 heteroatoms. The largest absolute Gasteiger partial charge is 0.393 e. The summed E-state index contributed by atoms with van der Waals surface area (Å²) in [6, 6.07) is 9.04. The molecule has 1 amide bonds. The van der Waals surface area contributed by atoms with Crippen LogP contribution in [0.15, 0.2) is 24.3 Å². The van der Waals surface area contributed by atoms with Gasteiger partial charge in [0.25, 0.3) is 0 Å². The van der Waals surface area contributed by atoms with Gasteiger partial charge in [0.2, 0.25) is 5.91 Å². The summed E-state index contributed by atoms with van der Waals surface area (Å²) < 4.78 is 0. The maximum atomic E-state index is 12.5. The van der Waals surface area contributed by atoms with Crippen molar-refractivity contribution in [3.63, 3.8) is 0 Å². The van der Waals surface area contributed by atoms with Crippen LogP contribution in [0.4, 0.5) is 5.69 Å². The maximum Gasteiger partial charge on any atom is 0.244 e. The second kappa shape index (κ2) is 6.70. The average Bonchev–Trinajstić information content (AvgIpc) is 2.86. The number of benzene rings is 1. The first-order valence-corrected chi connectivity index (χ1v) is 7.22. The number of rotatable bonds is 5. The Labute approximate surface area is 125 Å². The Morgan fingerprint density at radius 2 is 2.14 bits per heavy atom. The van der Waals surface area contributed by atoms with E-state index in [4.69, 9.17) is 5.26 Å². The first-order chi connectivity index (χ1) is 10.0. The van der Waals surface area contributed by atoms with E-state index in [2.05, 4.69) is 6.07 Å². The summed E-state index contributed by atoms with van der Waals surface area (Å²) in [5.41, 5.74) is 1.43. The Morgan fingerprint density at radius 3 is 2.71 bits per heavy atom. The molecule has 1 fully saturated rings. The molecule has 112 valence electrons. The number of amides is 1. The van der Waals surface area contributed by atoms with Crippen molar-refractivity contribution in [3.05, 3.63) is 29.8 Å². The lowest BCUT2D eigenvalue weighted by molar-refractivity contribution is -0.121. The molecule has 1 aromatic carbocycles. The molecular formula is C16H21N3O2. The fraction of sp³-hybridized carbons (Fsp3) is 0.500. The lowest BCUT2D eigenvalue weighted by atomic mass is 10.2. The second-order valence-corrected chi connectivity index (χ2v) is 5.57. The van der Waals surface area contributed by atoms with Gasteiger partial charge in [-0.05, 0) is 51.1 Å². The van der Waals surface area contributed by atoms with Crippen LogP contribution >= 0.6 is 0 Å². The summed E-state index contributed by atoms with van der Waals surface area (Å²) in [5.74, 6) is 0.0906. The molecule has 2 atom stereocenters. The first kappa shape index (κ1) is 15.5. The molecule has 1 aliphatic rings. The van der Waals surface area contributed by atoms with Gasteiger partial charge >= 0.3 is 0 Å². The fourth-order valence-corrected chi connectivity index (χ4v) is 2.59. The topological polar surface area (TPSA) is 67.6 Å². The molecule has 0 bridgehead atoms. The zero-order valence-electron chi connectivity index (χ0n) is 12.5. The lowest BCUT2D eigenvalue weighted by Gasteiger charge is -2.24. The third-order valence-electron chi connectivity index (χ3n) is 3.92. The first-order valence-electron chi connectivity index (χ1n) is 7.22. The second-order valence-electron chi connectivity index (χ2n) is 5.57. The number of hydrogen-bond donors (Lipinski definition) is 1. The van der Waals surface area contributed by atoms with E-state index in [0.29, 0.717) is 25.1 Å². The van der Waals surface area contributed by atoms with Crippen molar-refractivity contribution in [3.8, 4) is 6.07 Å². The van der Waals surface area contributed by atoms with Crippen molar-refractivity contribution >= 4 is 11.6 Å². The van der Waals surface area contributed by atoms with E-state index in [-0.39, 0.29) is 18.1 Å². The van der Waals surface area contributed by atoms with Gasteiger partial charge < -0.3 is 10.0 Å². The quantitative estimate of drug-likeness (QED) is 0.888. The molecule has 21 heavy (non-hydrogen) atoms. The molecule has 2 unspecified atom stereocenters. The van der Waals surface area contributed by atoms with E-state index in [9.17, 15) is 9.90 Å². The van der Waals surface area contributed by atoms with Gasteiger partial charge in [0.15, 0.2) is 0 Å². The molecule has 1 saturated heterocycles. The number of aliphatic hydroxyl groups excluding tert-OH is 1. The number of anilines is 1. The highest BCUT2D eigenvalue weighted by molar-refractivity contribution is 5.99. The van der Waals surface area contributed by atoms with Crippen LogP contribution in [0.1, 0.15) is 25.3 Å².